The van der Waals surface area contributed by atoms with Crippen molar-refractivity contribution in [1.82, 2.24) is 9.80 Å². The van der Waals surface area contributed by atoms with Gasteiger partial charge in [0.15, 0.2) is 0 Å². The summed E-state index contributed by atoms with van der Waals surface area (Å²) in [7, 11) is 0. The average Bonchev–Trinajstić information content (AvgIpc) is 3.31. The molecule has 0 bridgehead atoms. The second-order valence-electron chi connectivity index (χ2n) is 9.36. The number of benzene rings is 1. The molecule has 1 amide bonds. The molecule has 1 saturated carbocycles. The van der Waals surface area contributed by atoms with E-state index in [1.807, 2.05) is 0 Å². The zero-order chi connectivity index (χ0) is 21.0. The van der Waals surface area contributed by atoms with E-state index in [-0.39, 0.29) is 5.91 Å². The highest BCUT2D eigenvalue weighted by Crippen LogP contribution is 2.40. The van der Waals surface area contributed by atoms with Gasteiger partial charge in [0.1, 0.15) is 0 Å². The van der Waals surface area contributed by atoms with Crippen LogP contribution < -0.4 is 4.90 Å². The summed E-state index contributed by atoms with van der Waals surface area (Å²) in [6.07, 6.45) is 10.7. The van der Waals surface area contributed by atoms with Crippen LogP contribution in [0.5, 0.6) is 0 Å². The summed E-state index contributed by atoms with van der Waals surface area (Å²) >= 11 is 1.71. The second kappa shape index (κ2) is 9.74. The van der Waals surface area contributed by atoms with Gasteiger partial charge >= 0.3 is 0 Å². The topological polar surface area (TPSA) is 26.8 Å². The first-order valence-corrected chi connectivity index (χ1v) is 13.1. The van der Waals surface area contributed by atoms with Crippen LogP contribution in [-0.4, -0.2) is 61.0 Å². The number of carbonyl (C=O) groups excluding carboxylic acids is 1. The van der Waals surface area contributed by atoms with Crippen LogP contribution in [0.25, 0.3) is 11.1 Å². The Balaban J connectivity index is 1.32. The molecule has 1 aliphatic carbocycles. The fourth-order valence-corrected chi connectivity index (χ4v) is 6.74. The van der Waals surface area contributed by atoms with Gasteiger partial charge in [0.2, 0.25) is 0 Å². The highest BCUT2D eigenvalue weighted by atomic mass is 32.1. The van der Waals surface area contributed by atoms with Gasteiger partial charge in [-0.05, 0) is 43.7 Å². The van der Waals surface area contributed by atoms with Crippen LogP contribution in [-0.2, 0) is 0 Å². The number of carbonyl (C=O) groups is 1. The molecule has 2 saturated heterocycles. The van der Waals surface area contributed by atoms with E-state index in [0.717, 1.165) is 50.2 Å². The van der Waals surface area contributed by atoms with Gasteiger partial charge in [0.25, 0.3) is 5.91 Å². The first-order valence-electron chi connectivity index (χ1n) is 12.3. The molecule has 5 heteroatoms. The quantitative estimate of drug-likeness (QED) is 0.632. The molecule has 31 heavy (non-hydrogen) atoms. The molecule has 0 radical (unpaired) electrons. The van der Waals surface area contributed by atoms with E-state index in [4.69, 9.17) is 0 Å². The number of rotatable bonds is 4. The Morgan fingerprint density at radius 1 is 0.806 bits per heavy atom. The molecule has 3 heterocycles. The first kappa shape index (κ1) is 21.0. The summed E-state index contributed by atoms with van der Waals surface area (Å²) in [5.41, 5.74) is 2.46. The number of amides is 1. The third-order valence-corrected chi connectivity index (χ3v) is 8.53. The van der Waals surface area contributed by atoms with Crippen molar-refractivity contribution in [2.45, 2.75) is 57.4 Å². The molecule has 166 valence electrons. The highest BCUT2D eigenvalue weighted by Gasteiger charge is 2.29. The Labute approximate surface area is 190 Å². The highest BCUT2D eigenvalue weighted by molar-refractivity contribution is 7.18. The minimum atomic E-state index is 0.230. The van der Waals surface area contributed by atoms with E-state index in [0.29, 0.717) is 0 Å². The molecule has 2 aromatic rings. The standard InChI is InChI=1S/C26H35N3OS/c30-25(28-18-16-27(17-19-28)22-12-6-2-7-13-22)24-20-23(21-10-4-1-5-11-21)26(31-24)29-14-8-3-9-15-29/h1,4-5,10-11,20,22H,2-3,6-9,12-19H2. The number of thiophene rings is 1. The lowest BCUT2D eigenvalue weighted by molar-refractivity contribution is 0.0527. The number of hydrogen-bond acceptors (Lipinski definition) is 4. The van der Waals surface area contributed by atoms with Crippen molar-refractivity contribution in [3.8, 4) is 11.1 Å². The predicted molar refractivity (Wildman–Crippen MR) is 130 cm³/mol. The van der Waals surface area contributed by atoms with Gasteiger partial charge in [-0.3, -0.25) is 9.69 Å². The van der Waals surface area contributed by atoms with Crippen molar-refractivity contribution < 1.29 is 4.79 Å². The molecule has 0 atom stereocenters. The third kappa shape index (κ3) is 4.68. The van der Waals surface area contributed by atoms with Gasteiger partial charge < -0.3 is 9.80 Å². The van der Waals surface area contributed by atoms with Gasteiger partial charge in [-0.1, -0.05) is 49.6 Å². The largest absolute Gasteiger partial charge is 0.363 e. The molecule has 3 aliphatic rings. The molecule has 0 spiro atoms. The number of anilines is 1. The number of nitrogens with zero attached hydrogens (tertiary/aromatic N) is 3. The fourth-order valence-electron chi connectivity index (χ4n) is 5.54. The van der Waals surface area contributed by atoms with Crippen molar-refractivity contribution in [1.29, 1.82) is 0 Å². The lowest BCUT2D eigenvalue weighted by atomic mass is 9.94. The summed E-state index contributed by atoms with van der Waals surface area (Å²) < 4.78 is 0. The average molecular weight is 438 g/mol. The van der Waals surface area contributed by atoms with Gasteiger partial charge in [-0.2, -0.15) is 0 Å². The molecule has 5 rings (SSSR count). The van der Waals surface area contributed by atoms with E-state index in [1.54, 1.807) is 11.3 Å². The maximum absolute atomic E-state index is 13.5. The smallest absolute Gasteiger partial charge is 0.264 e. The van der Waals surface area contributed by atoms with Crippen LogP contribution >= 0.6 is 11.3 Å². The molecule has 0 unspecified atom stereocenters. The zero-order valence-corrected chi connectivity index (χ0v) is 19.4. The Morgan fingerprint density at radius 3 is 2.19 bits per heavy atom. The van der Waals surface area contributed by atoms with Gasteiger partial charge in [0, 0.05) is 50.9 Å². The molecule has 1 aromatic heterocycles. The van der Waals surface area contributed by atoms with Crippen molar-refractivity contribution in [2.24, 2.45) is 0 Å². The van der Waals surface area contributed by atoms with E-state index in [9.17, 15) is 4.79 Å². The Morgan fingerprint density at radius 2 is 1.48 bits per heavy atom. The second-order valence-corrected chi connectivity index (χ2v) is 10.4. The van der Waals surface area contributed by atoms with Gasteiger partial charge in [-0.25, -0.2) is 0 Å². The fraction of sp³-hybridized carbons (Fsp3) is 0.577. The van der Waals surface area contributed by atoms with Crippen LogP contribution in [0.15, 0.2) is 36.4 Å². The minimum absolute atomic E-state index is 0.230. The molecule has 1 aromatic carbocycles. The van der Waals surface area contributed by atoms with E-state index >= 15 is 0 Å². The first-order chi connectivity index (χ1) is 15.3. The zero-order valence-electron chi connectivity index (χ0n) is 18.6. The van der Waals surface area contributed by atoms with E-state index in [1.165, 1.54) is 67.5 Å². The maximum atomic E-state index is 13.5. The maximum Gasteiger partial charge on any atom is 0.264 e. The van der Waals surface area contributed by atoms with Crippen molar-refractivity contribution >= 4 is 22.2 Å². The molecule has 0 N–H and O–H groups in total. The molecule has 2 aliphatic heterocycles. The SMILES string of the molecule is O=C(c1cc(-c2ccccc2)c(N2CCCCC2)s1)N1CCN(C2CCCCC2)CC1. The van der Waals surface area contributed by atoms with Crippen molar-refractivity contribution in [2.75, 3.05) is 44.2 Å². The number of hydrogen-bond donors (Lipinski definition) is 0. The summed E-state index contributed by atoms with van der Waals surface area (Å²) in [4.78, 5) is 21.6. The van der Waals surface area contributed by atoms with Crippen molar-refractivity contribution in [3.63, 3.8) is 0 Å². The number of piperidine rings is 1. The molecule has 3 fully saturated rings. The van der Waals surface area contributed by atoms with Crippen LogP contribution in [0.4, 0.5) is 5.00 Å². The van der Waals surface area contributed by atoms with Crippen LogP contribution in [0, 0.1) is 0 Å². The Hall–Kier alpha value is -1.85. The number of piperazine rings is 1. The Bertz CT molecular complexity index is 860. The van der Waals surface area contributed by atoms with Crippen LogP contribution in [0.1, 0.15) is 61.0 Å². The Kier molecular flexibility index (Phi) is 6.61. The lowest BCUT2D eigenvalue weighted by Gasteiger charge is -2.40. The summed E-state index contributed by atoms with van der Waals surface area (Å²) in [6, 6.07) is 13.5. The van der Waals surface area contributed by atoms with Gasteiger partial charge in [-0.15, -0.1) is 11.3 Å². The summed E-state index contributed by atoms with van der Waals surface area (Å²) in [6.45, 7) is 6.01. The van der Waals surface area contributed by atoms with Crippen molar-refractivity contribution in [3.05, 3.63) is 41.3 Å². The van der Waals surface area contributed by atoms with Crippen LogP contribution in [0.2, 0.25) is 0 Å². The monoisotopic (exact) mass is 437 g/mol. The van der Waals surface area contributed by atoms with E-state index in [2.05, 4.69) is 51.1 Å². The van der Waals surface area contributed by atoms with Gasteiger partial charge in [0.05, 0.1) is 9.88 Å². The minimum Gasteiger partial charge on any atom is -0.363 e. The normalized spacial score (nSPS) is 21.4. The van der Waals surface area contributed by atoms with Crippen LogP contribution in [0.3, 0.4) is 0 Å². The van der Waals surface area contributed by atoms with E-state index < -0.39 is 0 Å². The summed E-state index contributed by atoms with van der Waals surface area (Å²) in [5, 5.41) is 1.29. The predicted octanol–water partition coefficient (Wildman–Crippen LogP) is 5.50. The molecular weight excluding hydrogens is 402 g/mol. The molecule has 4 nitrogen and oxygen atoms in total. The summed E-state index contributed by atoms with van der Waals surface area (Å²) in [5.74, 6) is 0.230. The third-order valence-electron chi connectivity index (χ3n) is 7.34. The molecular formula is C26H35N3OS. The lowest BCUT2D eigenvalue weighted by Crippen LogP contribution is -2.52.